The Hall–Kier alpha value is -18.9. The minimum atomic E-state index is 1.12. The van der Waals surface area contributed by atoms with E-state index in [1.165, 1.54) is 164 Å². The quantitative estimate of drug-likeness (QED) is 0.0746. The highest BCUT2D eigenvalue weighted by Crippen LogP contribution is 2.47. The number of benzene rings is 26. The fourth-order valence-corrected chi connectivity index (χ4v) is 20.7. The lowest BCUT2D eigenvalue weighted by atomic mass is 9.99. The first-order valence-corrected chi connectivity index (χ1v) is 49.7. The molecule has 6 heteroatoms. The molecule has 0 unspecified atom stereocenters. The van der Waals surface area contributed by atoms with Crippen molar-refractivity contribution in [2.24, 2.45) is 0 Å². The number of anilines is 15. The van der Waals surface area contributed by atoms with Crippen molar-refractivity contribution in [3.63, 3.8) is 0 Å². The molecule has 0 aromatic heterocycles. The van der Waals surface area contributed by atoms with Crippen LogP contribution in [0.4, 0.5) is 85.3 Å². The fourth-order valence-electron chi connectivity index (χ4n) is 20.7. The highest BCUT2D eigenvalue weighted by atomic mass is 15.2. The molecule has 0 fully saturated rings. The third kappa shape index (κ3) is 18.4. The summed E-state index contributed by atoms with van der Waals surface area (Å²) in [5, 5.41) is 24.9. The van der Waals surface area contributed by atoms with Gasteiger partial charge in [-0.2, -0.15) is 0 Å². The molecule has 0 spiro atoms. The lowest BCUT2D eigenvalue weighted by molar-refractivity contribution is 1.21. The molecule has 0 aliphatic carbocycles. The number of nitrogens with zero attached hydrogens (tertiary/aromatic N) is 6. The molecule has 26 aromatic carbocycles. The maximum absolute atomic E-state index is 2.36. The van der Waals surface area contributed by atoms with E-state index in [2.05, 4.69) is 615 Å². The van der Waals surface area contributed by atoms with Crippen LogP contribution in [0.15, 0.2) is 564 Å². The Bertz CT molecular complexity index is 8950. The zero-order valence-corrected chi connectivity index (χ0v) is 80.9. The summed E-state index contributed by atoms with van der Waals surface area (Å²) < 4.78 is 0. The number of fused-ring (bicyclic) bond motifs is 10. The lowest BCUT2D eigenvalue weighted by Crippen LogP contribution is -2.10. The standard InChI is InChI=1S/2C47H34N2.C45H34N2/c1-48(47-45-16-8-6-14-39(45)30-40-15-7-9-17-46(40)47)41-24-18-35(19-25-41)36-20-26-42(27-21-36)49(43-28-22-33-10-2-4-12-37(33)31-43)44-29-23-34-11-3-5-13-38(34)32-44;1-48(45-25-20-41-28-37-10-6-7-11-38(37)29-42(41)32-45)43-21-14-35(15-22-43)36-16-23-44(24-17-36)49(46-26-18-33-8-2-4-12-39(33)30-46)47-27-19-34-9-3-5-13-40(34)31-47;1-46(43-17-9-16-40(30-43)33-10-3-2-4-11-33)41-24-18-36(19-25-41)37-20-26-42(27-21-37)47(44-28-22-34-12-5-7-14-38(34)31-44)45-29-23-35-13-6-8-15-39(35)32-45/h2*2-32H,1H3;2-32H,1H3. The van der Waals surface area contributed by atoms with Crippen LogP contribution in [0.2, 0.25) is 0 Å². The second-order valence-corrected chi connectivity index (χ2v) is 37.5. The second-order valence-electron chi connectivity index (χ2n) is 37.5. The molecule has 26 rings (SSSR count). The van der Waals surface area contributed by atoms with Gasteiger partial charge in [-0.25, -0.2) is 0 Å². The summed E-state index contributed by atoms with van der Waals surface area (Å²) in [6.45, 7) is 0. The summed E-state index contributed by atoms with van der Waals surface area (Å²) in [6, 6.07) is 204. The zero-order chi connectivity index (χ0) is 97.1. The second kappa shape index (κ2) is 39.4. The summed E-state index contributed by atoms with van der Waals surface area (Å²) in [5.74, 6) is 0. The maximum atomic E-state index is 2.36. The molecule has 0 aliphatic heterocycles. The Morgan fingerprint density at radius 2 is 0.297 bits per heavy atom. The fraction of sp³-hybridized carbons (Fsp3) is 0.0216. The van der Waals surface area contributed by atoms with Gasteiger partial charge < -0.3 is 29.4 Å². The van der Waals surface area contributed by atoms with Gasteiger partial charge in [-0.1, -0.05) is 376 Å². The van der Waals surface area contributed by atoms with Crippen molar-refractivity contribution in [3.05, 3.63) is 564 Å². The SMILES string of the molecule is CN(c1ccc(-c2ccc(N(c3ccc4ccccc4c3)c3ccc4ccccc4c3)cc2)cc1)c1c2ccccc2cc2ccccc12.CN(c1ccc(-c2ccc(N(c3ccc4ccccc4c3)c3ccc4ccccc4c3)cc2)cc1)c1ccc2cc3ccccc3cc2c1.CN(c1ccc(-c2ccc(N(c3ccc4ccccc4c3)c3ccc4ccccc4c3)cc2)cc1)c1cccc(-c2ccccc2)c1. The average Bonchev–Trinajstić information content (AvgIpc) is 0.768. The first kappa shape index (κ1) is 88.8. The van der Waals surface area contributed by atoms with E-state index < -0.39 is 0 Å². The van der Waals surface area contributed by atoms with Gasteiger partial charge >= 0.3 is 0 Å². The van der Waals surface area contributed by atoms with Gasteiger partial charge in [0.15, 0.2) is 0 Å². The van der Waals surface area contributed by atoms with Crippen LogP contribution >= 0.6 is 0 Å². The summed E-state index contributed by atoms with van der Waals surface area (Å²) in [7, 11) is 6.44. The van der Waals surface area contributed by atoms with Crippen LogP contribution in [0.3, 0.4) is 0 Å². The predicted molar refractivity (Wildman–Crippen MR) is 624 cm³/mol. The van der Waals surface area contributed by atoms with Crippen molar-refractivity contribution in [1.82, 2.24) is 0 Å². The summed E-state index contributed by atoms with van der Waals surface area (Å²) in [4.78, 5) is 13.9. The van der Waals surface area contributed by atoms with Crippen molar-refractivity contribution in [1.29, 1.82) is 0 Å². The van der Waals surface area contributed by atoms with Crippen molar-refractivity contribution < 1.29 is 0 Å². The Balaban J connectivity index is 0.000000117. The first-order valence-electron chi connectivity index (χ1n) is 49.7. The van der Waals surface area contributed by atoms with Crippen molar-refractivity contribution in [2.45, 2.75) is 0 Å². The van der Waals surface area contributed by atoms with Crippen LogP contribution in [0.1, 0.15) is 0 Å². The maximum Gasteiger partial charge on any atom is 0.0567 e. The topological polar surface area (TPSA) is 19.4 Å². The van der Waals surface area contributed by atoms with Crippen molar-refractivity contribution in [2.75, 3.05) is 50.5 Å². The molecule has 0 bridgehead atoms. The molecule has 0 N–H and O–H groups in total. The van der Waals surface area contributed by atoms with E-state index in [4.69, 9.17) is 0 Å². The van der Waals surface area contributed by atoms with E-state index >= 15 is 0 Å². The monoisotopic (exact) mass is 1850 g/mol. The first-order chi connectivity index (χ1) is 71.5. The van der Waals surface area contributed by atoms with E-state index in [0.717, 1.165) is 73.9 Å². The van der Waals surface area contributed by atoms with Crippen LogP contribution < -0.4 is 29.4 Å². The molecule has 0 amide bonds. The van der Waals surface area contributed by atoms with Gasteiger partial charge in [0, 0.05) is 112 Å². The summed E-state index contributed by atoms with van der Waals surface area (Å²) in [5.41, 5.74) is 26.7. The highest BCUT2D eigenvalue weighted by molar-refractivity contribution is 6.13. The number of rotatable bonds is 19. The molecule has 0 saturated carbocycles. The molecule has 688 valence electrons. The Kier molecular flexibility index (Phi) is 24.1. The van der Waals surface area contributed by atoms with Gasteiger partial charge in [0.2, 0.25) is 0 Å². The van der Waals surface area contributed by atoms with Crippen LogP contribution in [-0.4, -0.2) is 21.1 Å². The normalized spacial score (nSPS) is 11.3. The van der Waals surface area contributed by atoms with Gasteiger partial charge in [-0.15, -0.1) is 0 Å². The molecule has 0 heterocycles. The smallest absolute Gasteiger partial charge is 0.0567 e. The number of hydrogen-bond donors (Lipinski definition) is 0. The van der Waals surface area contributed by atoms with E-state index in [9.17, 15) is 0 Å². The molecular formula is C139H102N6. The number of hydrogen-bond acceptors (Lipinski definition) is 6. The van der Waals surface area contributed by atoms with Crippen LogP contribution in [-0.2, 0) is 0 Å². The van der Waals surface area contributed by atoms with Gasteiger partial charge in [-0.3, -0.25) is 0 Å². The molecule has 0 saturated heterocycles. The van der Waals surface area contributed by atoms with Gasteiger partial charge in [0.1, 0.15) is 0 Å². The Labute approximate surface area is 846 Å². The van der Waals surface area contributed by atoms with E-state index in [0.29, 0.717) is 0 Å². The Morgan fingerprint density at radius 1 is 0.103 bits per heavy atom. The highest BCUT2D eigenvalue weighted by Gasteiger charge is 2.22. The van der Waals surface area contributed by atoms with Crippen LogP contribution in [0.25, 0.3) is 152 Å². The van der Waals surface area contributed by atoms with E-state index in [1.807, 2.05) is 0 Å². The predicted octanol–water partition coefficient (Wildman–Crippen LogP) is 39.0. The molecule has 26 aromatic rings. The molecule has 6 nitrogen and oxygen atoms in total. The zero-order valence-electron chi connectivity index (χ0n) is 80.9. The third-order valence-corrected chi connectivity index (χ3v) is 28.6. The summed E-state index contributed by atoms with van der Waals surface area (Å²) >= 11 is 0. The van der Waals surface area contributed by atoms with E-state index in [-0.39, 0.29) is 0 Å². The molecule has 0 atom stereocenters. The van der Waals surface area contributed by atoms with E-state index in [1.54, 1.807) is 0 Å². The Morgan fingerprint density at radius 3 is 0.607 bits per heavy atom. The van der Waals surface area contributed by atoms with Gasteiger partial charge in [-0.05, 0) is 330 Å². The molecule has 145 heavy (non-hydrogen) atoms. The van der Waals surface area contributed by atoms with Crippen LogP contribution in [0.5, 0.6) is 0 Å². The minimum Gasteiger partial charge on any atom is -0.345 e. The summed E-state index contributed by atoms with van der Waals surface area (Å²) in [6.07, 6.45) is 0. The molecular weight excluding hydrogens is 1750 g/mol. The average molecular weight is 1860 g/mol. The third-order valence-electron chi connectivity index (χ3n) is 28.6. The molecule has 0 radical (unpaired) electrons. The molecule has 0 aliphatic rings. The van der Waals surface area contributed by atoms with Crippen molar-refractivity contribution in [3.8, 4) is 44.5 Å². The van der Waals surface area contributed by atoms with Crippen molar-refractivity contribution >= 4 is 193 Å². The largest absolute Gasteiger partial charge is 0.345 e. The van der Waals surface area contributed by atoms with Gasteiger partial charge in [0.05, 0.1) is 5.69 Å². The minimum absolute atomic E-state index is 1.12. The van der Waals surface area contributed by atoms with Gasteiger partial charge in [0.25, 0.3) is 0 Å². The lowest BCUT2D eigenvalue weighted by Gasteiger charge is -2.26. The van der Waals surface area contributed by atoms with Crippen LogP contribution in [0, 0.1) is 0 Å².